The first kappa shape index (κ1) is 13.7. The second-order valence-electron chi connectivity index (χ2n) is 5.36. The minimum absolute atomic E-state index is 0.113. The third kappa shape index (κ3) is 4.21. The maximum Gasteiger partial charge on any atom is 0.311 e. The molecule has 17 heavy (non-hydrogen) atoms. The fourth-order valence-corrected chi connectivity index (χ4v) is 1.88. The molecule has 0 spiro atoms. The molecular formula is C13H21NO3. The van der Waals surface area contributed by atoms with Crippen LogP contribution in [0.5, 0.6) is 0 Å². The molecule has 1 amide bonds. The lowest BCUT2D eigenvalue weighted by Gasteiger charge is -2.32. The van der Waals surface area contributed by atoms with Crippen molar-refractivity contribution in [3.8, 4) is 0 Å². The first-order valence-electron chi connectivity index (χ1n) is 5.97. The van der Waals surface area contributed by atoms with E-state index in [2.05, 4.69) is 6.58 Å². The summed E-state index contributed by atoms with van der Waals surface area (Å²) >= 11 is 0. The van der Waals surface area contributed by atoms with E-state index in [1.807, 2.05) is 20.8 Å². The van der Waals surface area contributed by atoms with E-state index in [-0.39, 0.29) is 17.8 Å². The minimum atomic E-state index is -0.470. The average Bonchev–Trinajstić information content (AvgIpc) is 2.26. The number of hydrogen-bond acceptors (Lipinski definition) is 3. The van der Waals surface area contributed by atoms with Crippen LogP contribution in [-0.4, -0.2) is 35.5 Å². The van der Waals surface area contributed by atoms with Crippen molar-refractivity contribution >= 4 is 11.9 Å². The molecule has 4 nitrogen and oxygen atoms in total. The molecule has 0 aromatic heterocycles. The van der Waals surface area contributed by atoms with E-state index < -0.39 is 5.60 Å². The fraction of sp³-hybridized carbons (Fsp3) is 0.692. The highest BCUT2D eigenvalue weighted by Crippen LogP contribution is 2.20. The monoisotopic (exact) mass is 239 g/mol. The molecule has 1 aliphatic rings. The summed E-state index contributed by atoms with van der Waals surface area (Å²) in [5.74, 6) is -0.524. The molecule has 0 N–H and O–H groups in total. The average molecular weight is 239 g/mol. The van der Waals surface area contributed by atoms with E-state index >= 15 is 0 Å². The molecular weight excluding hydrogens is 218 g/mol. The van der Waals surface area contributed by atoms with Crippen LogP contribution in [0.25, 0.3) is 0 Å². The van der Waals surface area contributed by atoms with Crippen LogP contribution in [0, 0.1) is 5.92 Å². The van der Waals surface area contributed by atoms with Crippen molar-refractivity contribution in [3.63, 3.8) is 0 Å². The zero-order chi connectivity index (χ0) is 13.1. The van der Waals surface area contributed by atoms with Crippen LogP contribution in [0.4, 0.5) is 0 Å². The van der Waals surface area contributed by atoms with Crippen molar-refractivity contribution in [2.45, 2.75) is 39.2 Å². The molecule has 0 saturated carbocycles. The van der Waals surface area contributed by atoms with Gasteiger partial charge in [-0.15, -0.1) is 0 Å². The maximum atomic E-state index is 11.9. The van der Waals surface area contributed by atoms with Crippen LogP contribution in [0.3, 0.4) is 0 Å². The maximum absolute atomic E-state index is 11.9. The highest BCUT2D eigenvalue weighted by atomic mass is 16.6. The SMILES string of the molecule is C=CC(=O)N1CCC[C@H](C(=O)OC(C)(C)C)C1. The minimum Gasteiger partial charge on any atom is -0.460 e. The van der Waals surface area contributed by atoms with Crippen LogP contribution in [0.2, 0.25) is 0 Å². The summed E-state index contributed by atoms with van der Waals surface area (Å²) in [5.41, 5.74) is -0.470. The number of likely N-dealkylation sites (tertiary alicyclic amines) is 1. The molecule has 1 aliphatic heterocycles. The number of amides is 1. The normalized spacial score (nSPS) is 20.9. The zero-order valence-electron chi connectivity index (χ0n) is 10.9. The molecule has 1 fully saturated rings. The summed E-state index contributed by atoms with van der Waals surface area (Å²) in [5, 5.41) is 0. The van der Waals surface area contributed by atoms with Crippen LogP contribution in [-0.2, 0) is 14.3 Å². The van der Waals surface area contributed by atoms with Crippen molar-refractivity contribution in [2.24, 2.45) is 5.92 Å². The molecule has 0 aliphatic carbocycles. The summed E-state index contributed by atoms with van der Waals surface area (Å²) in [6.45, 7) is 10.1. The lowest BCUT2D eigenvalue weighted by molar-refractivity contribution is -0.162. The summed E-state index contributed by atoms with van der Waals surface area (Å²) < 4.78 is 5.34. The van der Waals surface area contributed by atoms with E-state index in [0.29, 0.717) is 13.1 Å². The van der Waals surface area contributed by atoms with Gasteiger partial charge < -0.3 is 9.64 Å². The Kier molecular flexibility index (Phi) is 4.32. The van der Waals surface area contributed by atoms with Gasteiger partial charge in [-0.25, -0.2) is 0 Å². The van der Waals surface area contributed by atoms with Gasteiger partial charge in [-0.05, 0) is 39.7 Å². The van der Waals surface area contributed by atoms with E-state index in [9.17, 15) is 9.59 Å². The molecule has 1 heterocycles. The second-order valence-corrected chi connectivity index (χ2v) is 5.36. The number of nitrogens with zero attached hydrogens (tertiary/aromatic N) is 1. The number of carbonyl (C=O) groups is 2. The lowest BCUT2D eigenvalue weighted by Crippen LogP contribution is -2.43. The van der Waals surface area contributed by atoms with Gasteiger partial charge in [0.1, 0.15) is 5.60 Å². The molecule has 96 valence electrons. The van der Waals surface area contributed by atoms with Crippen molar-refractivity contribution in [3.05, 3.63) is 12.7 Å². The van der Waals surface area contributed by atoms with Crippen molar-refractivity contribution in [2.75, 3.05) is 13.1 Å². The Morgan fingerprint density at radius 3 is 2.59 bits per heavy atom. The van der Waals surface area contributed by atoms with Crippen LogP contribution in [0.15, 0.2) is 12.7 Å². The van der Waals surface area contributed by atoms with Crippen LogP contribution >= 0.6 is 0 Å². The second kappa shape index (κ2) is 5.34. The Balaban J connectivity index is 2.57. The summed E-state index contributed by atoms with van der Waals surface area (Å²) in [4.78, 5) is 25.0. The smallest absolute Gasteiger partial charge is 0.311 e. The van der Waals surface area contributed by atoms with Gasteiger partial charge in [0.2, 0.25) is 5.91 Å². The lowest BCUT2D eigenvalue weighted by atomic mass is 9.97. The van der Waals surface area contributed by atoms with Gasteiger partial charge >= 0.3 is 5.97 Å². The highest BCUT2D eigenvalue weighted by Gasteiger charge is 2.30. The van der Waals surface area contributed by atoms with Gasteiger partial charge in [-0.2, -0.15) is 0 Å². The standard InChI is InChI=1S/C13H21NO3/c1-5-11(15)14-8-6-7-10(9-14)12(16)17-13(2,3)4/h5,10H,1,6-9H2,2-4H3/t10-/m0/s1. The van der Waals surface area contributed by atoms with E-state index in [1.54, 1.807) is 4.90 Å². The molecule has 0 aromatic rings. The number of ether oxygens (including phenoxy) is 1. The summed E-state index contributed by atoms with van der Waals surface area (Å²) in [6, 6.07) is 0. The summed E-state index contributed by atoms with van der Waals surface area (Å²) in [6.07, 6.45) is 2.91. The first-order chi connectivity index (χ1) is 7.83. The molecule has 4 heteroatoms. The predicted octanol–water partition coefficient (Wildman–Crippen LogP) is 1.75. The van der Waals surface area contributed by atoms with Crippen molar-refractivity contribution in [1.29, 1.82) is 0 Å². The Morgan fingerprint density at radius 2 is 2.06 bits per heavy atom. The molecule has 0 unspecified atom stereocenters. The topological polar surface area (TPSA) is 46.6 Å². The van der Waals surface area contributed by atoms with Crippen LogP contribution < -0.4 is 0 Å². The van der Waals surface area contributed by atoms with Crippen molar-refractivity contribution in [1.82, 2.24) is 4.90 Å². The molecule has 1 atom stereocenters. The molecule has 0 radical (unpaired) electrons. The van der Waals surface area contributed by atoms with Gasteiger partial charge in [-0.3, -0.25) is 9.59 Å². The molecule has 0 aromatic carbocycles. The fourth-order valence-electron chi connectivity index (χ4n) is 1.88. The third-order valence-electron chi connectivity index (χ3n) is 2.65. The van der Waals surface area contributed by atoms with Crippen LogP contribution in [0.1, 0.15) is 33.6 Å². The van der Waals surface area contributed by atoms with Gasteiger partial charge in [-0.1, -0.05) is 6.58 Å². The number of piperidine rings is 1. The van der Waals surface area contributed by atoms with Gasteiger partial charge in [0.25, 0.3) is 0 Å². The van der Waals surface area contributed by atoms with Gasteiger partial charge in [0.05, 0.1) is 5.92 Å². The number of rotatable bonds is 2. The first-order valence-corrected chi connectivity index (χ1v) is 5.97. The van der Waals surface area contributed by atoms with E-state index in [4.69, 9.17) is 4.74 Å². The van der Waals surface area contributed by atoms with E-state index in [1.165, 1.54) is 6.08 Å². The summed E-state index contributed by atoms with van der Waals surface area (Å²) in [7, 11) is 0. The molecule has 0 bridgehead atoms. The predicted molar refractivity (Wildman–Crippen MR) is 65.3 cm³/mol. The number of esters is 1. The highest BCUT2D eigenvalue weighted by molar-refractivity contribution is 5.87. The quantitative estimate of drug-likeness (QED) is 0.545. The molecule has 1 rings (SSSR count). The van der Waals surface area contributed by atoms with Crippen molar-refractivity contribution < 1.29 is 14.3 Å². The Labute approximate surface area is 103 Å². The largest absolute Gasteiger partial charge is 0.460 e. The van der Waals surface area contributed by atoms with Gasteiger partial charge in [0.15, 0.2) is 0 Å². The van der Waals surface area contributed by atoms with E-state index in [0.717, 1.165) is 12.8 Å². The number of hydrogen-bond donors (Lipinski definition) is 0. The zero-order valence-corrected chi connectivity index (χ0v) is 10.9. The number of carbonyl (C=O) groups excluding carboxylic acids is 2. The van der Waals surface area contributed by atoms with Gasteiger partial charge in [0, 0.05) is 13.1 Å². The Hall–Kier alpha value is -1.32. The Morgan fingerprint density at radius 1 is 1.41 bits per heavy atom. The third-order valence-corrected chi connectivity index (χ3v) is 2.65. The molecule has 1 saturated heterocycles. The Bertz CT molecular complexity index is 317.